The lowest BCUT2D eigenvalue weighted by Gasteiger charge is -2.27. The van der Waals surface area contributed by atoms with Crippen molar-refractivity contribution in [3.05, 3.63) is 11.4 Å². The lowest BCUT2D eigenvalue weighted by Crippen LogP contribution is -2.31. The fraction of sp³-hybridized carbons (Fsp3) is 0.733. The minimum atomic E-state index is 0.00738. The molecule has 0 unspecified atom stereocenters. The molecule has 116 valence electrons. The molecule has 6 heteroatoms. The van der Waals surface area contributed by atoms with E-state index >= 15 is 0 Å². The summed E-state index contributed by atoms with van der Waals surface area (Å²) in [6.07, 6.45) is 6.89. The van der Waals surface area contributed by atoms with Crippen molar-refractivity contribution in [2.45, 2.75) is 51.4 Å². The number of nitrogens with one attached hydrogen (secondary N) is 2. The standard InChI is InChI=1S/C15H25N5O/c1-10-12(17-8-15(9-21)6-2-3-7-15)18-14(11-4-5-11)19-13(10)20-16/h11,21H,2-9,16H2,1H3,(H2,17,18,19,20). The van der Waals surface area contributed by atoms with Crippen molar-refractivity contribution in [2.24, 2.45) is 11.3 Å². The highest BCUT2D eigenvalue weighted by Crippen LogP contribution is 2.40. The van der Waals surface area contributed by atoms with Gasteiger partial charge in [0.15, 0.2) is 0 Å². The molecule has 21 heavy (non-hydrogen) atoms. The molecular weight excluding hydrogens is 266 g/mol. The third kappa shape index (κ3) is 2.96. The maximum absolute atomic E-state index is 9.71. The van der Waals surface area contributed by atoms with E-state index in [2.05, 4.69) is 20.7 Å². The van der Waals surface area contributed by atoms with Crippen LogP contribution in [0, 0.1) is 12.3 Å². The first-order valence-electron chi connectivity index (χ1n) is 7.87. The molecule has 6 nitrogen and oxygen atoms in total. The van der Waals surface area contributed by atoms with E-state index in [0.29, 0.717) is 11.7 Å². The number of aliphatic hydroxyl groups is 1. The Morgan fingerprint density at radius 1 is 1.24 bits per heavy atom. The van der Waals surface area contributed by atoms with Crippen molar-refractivity contribution in [3.63, 3.8) is 0 Å². The first kappa shape index (κ1) is 14.5. The minimum Gasteiger partial charge on any atom is -0.396 e. The van der Waals surface area contributed by atoms with Gasteiger partial charge in [-0.1, -0.05) is 12.8 Å². The van der Waals surface area contributed by atoms with E-state index in [1.807, 2.05) is 6.92 Å². The lowest BCUT2D eigenvalue weighted by atomic mass is 9.87. The molecule has 0 bridgehead atoms. The molecule has 0 aliphatic heterocycles. The van der Waals surface area contributed by atoms with Crippen LogP contribution in [0.5, 0.6) is 0 Å². The van der Waals surface area contributed by atoms with E-state index in [1.54, 1.807) is 0 Å². The Labute approximate surface area is 125 Å². The topological polar surface area (TPSA) is 96.1 Å². The Morgan fingerprint density at radius 2 is 1.90 bits per heavy atom. The SMILES string of the molecule is Cc1c(NN)nc(C2CC2)nc1NCC1(CO)CCCC1. The highest BCUT2D eigenvalue weighted by atomic mass is 16.3. The van der Waals surface area contributed by atoms with Crippen molar-refractivity contribution in [1.82, 2.24) is 9.97 Å². The molecule has 1 aromatic rings. The number of nitrogens with zero attached hydrogens (tertiary/aromatic N) is 2. The zero-order valence-corrected chi connectivity index (χ0v) is 12.7. The molecule has 1 heterocycles. The third-order valence-corrected chi connectivity index (χ3v) is 4.87. The number of hydrazine groups is 1. The van der Waals surface area contributed by atoms with Gasteiger partial charge in [-0.3, -0.25) is 0 Å². The van der Waals surface area contributed by atoms with Gasteiger partial charge in [-0.25, -0.2) is 15.8 Å². The number of aliphatic hydroxyl groups excluding tert-OH is 1. The smallest absolute Gasteiger partial charge is 0.148 e. The average molecular weight is 291 g/mol. The monoisotopic (exact) mass is 291 g/mol. The van der Waals surface area contributed by atoms with Crippen LogP contribution >= 0.6 is 0 Å². The number of aromatic nitrogens is 2. The number of nitrogen functional groups attached to an aromatic ring is 1. The Bertz CT molecular complexity index is 509. The zero-order chi connectivity index (χ0) is 14.9. The summed E-state index contributed by atoms with van der Waals surface area (Å²) in [7, 11) is 0. The summed E-state index contributed by atoms with van der Waals surface area (Å²) in [4.78, 5) is 9.16. The van der Waals surface area contributed by atoms with E-state index in [1.165, 1.54) is 12.8 Å². The van der Waals surface area contributed by atoms with Crippen molar-refractivity contribution < 1.29 is 5.11 Å². The molecule has 0 amide bonds. The van der Waals surface area contributed by atoms with Crippen molar-refractivity contribution in [3.8, 4) is 0 Å². The van der Waals surface area contributed by atoms with Crippen LogP contribution in [-0.2, 0) is 0 Å². The van der Waals surface area contributed by atoms with E-state index in [4.69, 9.17) is 5.84 Å². The number of nitrogens with two attached hydrogens (primary N) is 1. The molecule has 0 aromatic carbocycles. The van der Waals surface area contributed by atoms with Crippen LogP contribution in [0.3, 0.4) is 0 Å². The molecule has 2 aliphatic rings. The summed E-state index contributed by atoms with van der Waals surface area (Å²) < 4.78 is 0. The average Bonchev–Trinajstić information content (AvgIpc) is 3.25. The second-order valence-electron chi connectivity index (χ2n) is 6.54. The largest absolute Gasteiger partial charge is 0.396 e. The predicted molar refractivity (Wildman–Crippen MR) is 83.0 cm³/mol. The van der Waals surface area contributed by atoms with Gasteiger partial charge in [-0.2, -0.15) is 0 Å². The quantitative estimate of drug-likeness (QED) is 0.472. The van der Waals surface area contributed by atoms with Crippen LogP contribution in [0.4, 0.5) is 11.6 Å². The van der Waals surface area contributed by atoms with Gasteiger partial charge in [0.2, 0.25) is 0 Å². The molecule has 0 spiro atoms. The summed E-state index contributed by atoms with van der Waals surface area (Å²) >= 11 is 0. The summed E-state index contributed by atoms with van der Waals surface area (Å²) in [6.45, 7) is 2.96. The Balaban J connectivity index is 1.79. The molecule has 1 aromatic heterocycles. The van der Waals surface area contributed by atoms with Gasteiger partial charge in [0, 0.05) is 23.4 Å². The van der Waals surface area contributed by atoms with Crippen molar-refractivity contribution in [2.75, 3.05) is 23.9 Å². The fourth-order valence-corrected chi connectivity index (χ4v) is 3.16. The molecule has 2 fully saturated rings. The molecule has 5 N–H and O–H groups in total. The molecule has 2 aliphatic carbocycles. The van der Waals surface area contributed by atoms with Crippen molar-refractivity contribution >= 4 is 11.6 Å². The van der Waals surface area contributed by atoms with Gasteiger partial charge in [0.1, 0.15) is 17.5 Å². The predicted octanol–water partition coefficient (Wildman–Crippen LogP) is 1.91. The molecular formula is C15H25N5O. The van der Waals surface area contributed by atoms with Crippen LogP contribution in [0.15, 0.2) is 0 Å². The van der Waals surface area contributed by atoms with Gasteiger partial charge in [0.05, 0.1) is 6.61 Å². The highest BCUT2D eigenvalue weighted by Gasteiger charge is 2.33. The van der Waals surface area contributed by atoms with Gasteiger partial charge < -0.3 is 15.8 Å². The van der Waals surface area contributed by atoms with Gasteiger partial charge >= 0.3 is 0 Å². The van der Waals surface area contributed by atoms with Crippen LogP contribution in [-0.4, -0.2) is 28.2 Å². The number of rotatable bonds is 6. The fourth-order valence-electron chi connectivity index (χ4n) is 3.16. The summed E-state index contributed by atoms with van der Waals surface area (Å²) in [5, 5.41) is 13.2. The molecule has 0 radical (unpaired) electrons. The normalized spacial score (nSPS) is 20.5. The summed E-state index contributed by atoms with van der Waals surface area (Å²) in [5.41, 5.74) is 3.61. The third-order valence-electron chi connectivity index (χ3n) is 4.87. The second-order valence-corrected chi connectivity index (χ2v) is 6.54. The Kier molecular flexibility index (Phi) is 3.99. The maximum Gasteiger partial charge on any atom is 0.148 e. The molecule has 3 rings (SSSR count). The second kappa shape index (κ2) is 5.77. The number of hydrogen-bond donors (Lipinski definition) is 4. The molecule has 0 atom stereocenters. The van der Waals surface area contributed by atoms with Gasteiger partial charge in [0.25, 0.3) is 0 Å². The highest BCUT2D eigenvalue weighted by molar-refractivity contribution is 5.57. The molecule has 0 saturated heterocycles. The van der Waals surface area contributed by atoms with E-state index < -0.39 is 0 Å². The summed E-state index contributed by atoms with van der Waals surface area (Å²) in [5.74, 6) is 8.47. The van der Waals surface area contributed by atoms with Crippen molar-refractivity contribution in [1.29, 1.82) is 0 Å². The van der Waals surface area contributed by atoms with Gasteiger partial charge in [-0.15, -0.1) is 0 Å². The molecule has 2 saturated carbocycles. The van der Waals surface area contributed by atoms with E-state index in [0.717, 1.165) is 49.4 Å². The van der Waals surface area contributed by atoms with Crippen LogP contribution < -0.4 is 16.6 Å². The van der Waals surface area contributed by atoms with Crippen LogP contribution in [0.25, 0.3) is 0 Å². The first-order chi connectivity index (χ1) is 10.2. The zero-order valence-electron chi connectivity index (χ0n) is 12.7. The van der Waals surface area contributed by atoms with E-state index in [-0.39, 0.29) is 12.0 Å². The van der Waals surface area contributed by atoms with Crippen LogP contribution in [0.1, 0.15) is 55.8 Å². The van der Waals surface area contributed by atoms with Gasteiger partial charge in [-0.05, 0) is 32.6 Å². The first-order valence-corrected chi connectivity index (χ1v) is 7.87. The maximum atomic E-state index is 9.71. The Hall–Kier alpha value is -1.40. The Morgan fingerprint density at radius 3 is 2.48 bits per heavy atom. The number of anilines is 2. The van der Waals surface area contributed by atoms with E-state index in [9.17, 15) is 5.11 Å². The minimum absolute atomic E-state index is 0.00738. The summed E-state index contributed by atoms with van der Waals surface area (Å²) in [6, 6.07) is 0. The van der Waals surface area contributed by atoms with Crippen LogP contribution in [0.2, 0.25) is 0 Å². The lowest BCUT2D eigenvalue weighted by molar-refractivity contribution is 0.142. The number of hydrogen-bond acceptors (Lipinski definition) is 6.